The first-order valence-electron chi connectivity index (χ1n) is 8.55. The van der Waals surface area contributed by atoms with Gasteiger partial charge in [0, 0.05) is 29.3 Å². The number of hydrogen-bond donors (Lipinski definition) is 1. The summed E-state index contributed by atoms with van der Waals surface area (Å²) in [5, 5.41) is 1.27. The predicted molar refractivity (Wildman–Crippen MR) is 111 cm³/mol. The number of carbonyl (C=O) groups is 1. The van der Waals surface area contributed by atoms with Gasteiger partial charge in [-0.3, -0.25) is 4.39 Å². The van der Waals surface area contributed by atoms with E-state index in [-0.39, 0.29) is 6.42 Å². The number of nitrogens with one attached hydrogen (secondary N) is 1. The molecule has 1 heterocycles. The summed E-state index contributed by atoms with van der Waals surface area (Å²) < 4.78 is 35.0. The van der Waals surface area contributed by atoms with Gasteiger partial charge < -0.3 is 14.0 Å². The highest BCUT2D eigenvalue weighted by atomic mass is 35.5. The Hall–Kier alpha value is -2.38. The molecule has 1 N–H and O–H groups in total. The van der Waals surface area contributed by atoms with Gasteiger partial charge in [0.05, 0.1) is 25.0 Å². The molecule has 0 aliphatic rings. The fraction of sp³-hybridized carbons (Fsp3) is 0.250. The maximum Gasteiger partial charge on any atom is 0.336 e. The number of esters is 1. The third-order valence-corrected chi connectivity index (χ3v) is 5.46. The molecule has 0 fully saturated rings. The molecular weight excluding hydrogens is 403 g/mol. The van der Waals surface area contributed by atoms with Gasteiger partial charge >= 0.3 is 5.97 Å². The molecule has 2 atom stereocenters. The van der Waals surface area contributed by atoms with E-state index in [1.54, 1.807) is 53.2 Å². The molecule has 0 spiro atoms. The van der Waals surface area contributed by atoms with Crippen LogP contribution >= 0.6 is 11.6 Å². The Morgan fingerprint density at radius 1 is 1.25 bits per heavy atom. The van der Waals surface area contributed by atoms with Gasteiger partial charge in [0.1, 0.15) is 11.0 Å². The SMILES string of the molecule is COC(=O)C(CCF)(c1ccc(Cl)cc1)n1ccc2c(NS(C)=O)cccc21. The maximum absolute atomic E-state index is 13.7. The zero-order chi connectivity index (χ0) is 20.3. The molecule has 0 saturated carbocycles. The Bertz CT molecular complexity index is 1020. The molecule has 2 unspecified atom stereocenters. The summed E-state index contributed by atoms with van der Waals surface area (Å²) in [6.45, 7) is -0.728. The molecule has 0 saturated heterocycles. The molecule has 0 bridgehead atoms. The van der Waals surface area contributed by atoms with Crippen LogP contribution in [0.25, 0.3) is 10.9 Å². The lowest BCUT2D eigenvalue weighted by Gasteiger charge is -2.33. The topological polar surface area (TPSA) is 60.3 Å². The molecule has 1 aromatic heterocycles. The monoisotopic (exact) mass is 422 g/mol. The van der Waals surface area contributed by atoms with Crippen molar-refractivity contribution < 1.29 is 18.1 Å². The molecule has 8 heteroatoms. The van der Waals surface area contributed by atoms with E-state index in [1.807, 2.05) is 6.07 Å². The number of anilines is 1. The number of hydrogen-bond acceptors (Lipinski definition) is 3. The number of benzene rings is 2. The van der Waals surface area contributed by atoms with Gasteiger partial charge in [-0.15, -0.1) is 0 Å². The number of ether oxygens (including phenoxy) is 1. The van der Waals surface area contributed by atoms with Crippen molar-refractivity contribution in [1.29, 1.82) is 0 Å². The Labute approximate surface area is 170 Å². The summed E-state index contributed by atoms with van der Waals surface area (Å²) in [6.07, 6.45) is 3.14. The third-order valence-electron chi connectivity index (χ3n) is 4.70. The van der Waals surface area contributed by atoms with E-state index in [0.717, 1.165) is 5.39 Å². The van der Waals surface area contributed by atoms with Crippen LogP contribution in [-0.2, 0) is 26.1 Å². The van der Waals surface area contributed by atoms with E-state index in [9.17, 15) is 13.4 Å². The van der Waals surface area contributed by atoms with Crippen molar-refractivity contribution in [2.45, 2.75) is 12.0 Å². The van der Waals surface area contributed by atoms with Crippen molar-refractivity contribution in [1.82, 2.24) is 4.57 Å². The first-order chi connectivity index (χ1) is 13.4. The molecular formula is C20H20ClFN2O3S. The molecule has 148 valence electrons. The average Bonchev–Trinajstić information content (AvgIpc) is 3.11. The molecule has 5 nitrogen and oxygen atoms in total. The number of methoxy groups -OCH3 is 1. The molecule has 0 aliphatic carbocycles. The van der Waals surface area contributed by atoms with Crippen LogP contribution in [0.5, 0.6) is 0 Å². The second-order valence-corrected chi connectivity index (χ2v) is 7.83. The summed E-state index contributed by atoms with van der Waals surface area (Å²) in [6, 6.07) is 13.9. The highest BCUT2D eigenvalue weighted by Gasteiger charge is 2.43. The Balaban J connectivity index is 2.30. The van der Waals surface area contributed by atoms with Gasteiger partial charge in [0.2, 0.25) is 0 Å². The number of halogens is 2. The molecule has 0 radical (unpaired) electrons. The lowest BCUT2D eigenvalue weighted by Crippen LogP contribution is -2.44. The van der Waals surface area contributed by atoms with Crippen molar-refractivity contribution >= 4 is 45.1 Å². The second-order valence-electron chi connectivity index (χ2n) is 6.28. The Morgan fingerprint density at radius 2 is 1.96 bits per heavy atom. The van der Waals surface area contributed by atoms with Crippen molar-refractivity contribution in [2.24, 2.45) is 0 Å². The highest BCUT2D eigenvalue weighted by Crippen LogP contribution is 2.37. The van der Waals surface area contributed by atoms with Crippen molar-refractivity contribution in [3.05, 3.63) is 65.3 Å². The van der Waals surface area contributed by atoms with E-state index in [0.29, 0.717) is 21.8 Å². The minimum atomic E-state index is -1.40. The zero-order valence-corrected chi connectivity index (χ0v) is 17.0. The average molecular weight is 423 g/mol. The van der Waals surface area contributed by atoms with Crippen LogP contribution in [0, 0.1) is 0 Å². The summed E-state index contributed by atoms with van der Waals surface area (Å²) in [4.78, 5) is 13.0. The molecule has 0 amide bonds. The molecule has 28 heavy (non-hydrogen) atoms. The summed E-state index contributed by atoms with van der Waals surface area (Å²) >= 11 is 6.01. The first-order valence-corrected chi connectivity index (χ1v) is 10.5. The van der Waals surface area contributed by atoms with Gasteiger partial charge in [-0.1, -0.05) is 29.8 Å². The van der Waals surface area contributed by atoms with Crippen molar-refractivity contribution in [2.75, 3.05) is 24.8 Å². The number of carbonyl (C=O) groups excluding carboxylic acids is 1. The maximum atomic E-state index is 13.7. The van der Waals surface area contributed by atoms with Crippen LogP contribution in [0.1, 0.15) is 12.0 Å². The van der Waals surface area contributed by atoms with E-state index >= 15 is 0 Å². The molecule has 0 aliphatic heterocycles. The summed E-state index contributed by atoms with van der Waals surface area (Å²) in [5.74, 6) is -0.581. The van der Waals surface area contributed by atoms with E-state index in [4.69, 9.17) is 16.3 Å². The number of rotatable bonds is 7. The number of nitrogens with zero attached hydrogens (tertiary/aromatic N) is 1. The highest BCUT2D eigenvalue weighted by molar-refractivity contribution is 7.85. The number of alkyl halides is 1. The Morgan fingerprint density at radius 3 is 2.57 bits per heavy atom. The fourth-order valence-electron chi connectivity index (χ4n) is 3.50. The summed E-state index contributed by atoms with van der Waals surface area (Å²) in [5.41, 5.74) is 0.507. The third kappa shape index (κ3) is 3.52. The van der Waals surface area contributed by atoms with Gasteiger partial charge in [-0.2, -0.15) is 0 Å². The minimum absolute atomic E-state index is 0.109. The van der Waals surface area contributed by atoms with E-state index < -0.39 is 29.2 Å². The molecule has 2 aromatic carbocycles. The van der Waals surface area contributed by atoms with Gasteiger partial charge in [-0.05, 0) is 35.9 Å². The largest absolute Gasteiger partial charge is 0.467 e. The number of fused-ring (bicyclic) bond motifs is 1. The van der Waals surface area contributed by atoms with Gasteiger partial charge in [-0.25, -0.2) is 9.00 Å². The quantitative estimate of drug-likeness (QED) is 0.578. The van der Waals surface area contributed by atoms with Crippen LogP contribution in [0.2, 0.25) is 5.02 Å². The lowest BCUT2D eigenvalue weighted by molar-refractivity contribution is -0.149. The van der Waals surface area contributed by atoms with Crippen LogP contribution in [0.3, 0.4) is 0 Å². The normalized spacial score (nSPS) is 14.4. The first kappa shape index (κ1) is 20.4. The van der Waals surface area contributed by atoms with Gasteiger partial charge in [0.25, 0.3) is 0 Å². The second kappa shape index (κ2) is 8.32. The van der Waals surface area contributed by atoms with Crippen molar-refractivity contribution in [3.8, 4) is 0 Å². The predicted octanol–water partition coefficient (Wildman–Crippen LogP) is 4.28. The van der Waals surface area contributed by atoms with E-state index in [2.05, 4.69) is 4.72 Å². The minimum Gasteiger partial charge on any atom is -0.467 e. The lowest BCUT2D eigenvalue weighted by atomic mass is 9.86. The standard InChI is InChI=1S/C20H20ClFN2O3S/c1-27-19(25)20(11-12-22,14-6-8-15(21)9-7-14)24-13-10-16-17(23-28(2)26)4-3-5-18(16)24/h3-10,13,23H,11-12H2,1-2H3. The fourth-order valence-corrected chi connectivity index (χ4v) is 4.11. The van der Waals surface area contributed by atoms with Crippen LogP contribution in [0.15, 0.2) is 54.7 Å². The van der Waals surface area contributed by atoms with Crippen molar-refractivity contribution in [3.63, 3.8) is 0 Å². The number of aromatic nitrogens is 1. The smallest absolute Gasteiger partial charge is 0.336 e. The van der Waals surface area contributed by atoms with Crippen LogP contribution in [-0.4, -0.2) is 34.8 Å². The summed E-state index contributed by atoms with van der Waals surface area (Å²) in [7, 11) is 0.0195. The molecule has 3 aromatic rings. The zero-order valence-electron chi connectivity index (χ0n) is 15.4. The van der Waals surface area contributed by atoms with Crippen LogP contribution < -0.4 is 4.72 Å². The Kier molecular flexibility index (Phi) is 6.05. The molecule has 3 rings (SSSR count). The van der Waals surface area contributed by atoms with Gasteiger partial charge in [0.15, 0.2) is 5.54 Å². The van der Waals surface area contributed by atoms with Crippen LogP contribution in [0.4, 0.5) is 10.1 Å². The van der Waals surface area contributed by atoms with E-state index in [1.165, 1.54) is 13.4 Å².